The maximum absolute atomic E-state index is 12.7. The van der Waals surface area contributed by atoms with Crippen molar-refractivity contribution in [2.75, 3.05) is 0 Å². The van der Waals surface area contributed by atoms with E-state index in [-0.39, 0.29) is 18.1 Å². The molecule has 0 aromatic carbocycles. The van der Waals surface area contributed by atoms with Crippen molar-refractivity contribution in [2.45, 2.75) is 25.2 Å². The van der Waals surface area contributed by atoms with E-state index in [1.54, 1.807) is 0 Å². The van der Waals surface area contributed by atoms with Crippen LogP contribution in [0.15, 0.2) is 0 Å². The predicted molar refractivity (Wildman–Crippen MR) is 31.0 cm³/mol. The molecule has 4 atom stereocenters. The summed E-state index contributed by atoms with van der Waals surface area (Å²) in [6, 6.07) is 0. The molecule has 2 aliphatic carbocycles. The van der Waals surface area contributed by atoms with Crippen LogP contribution in [0.2, 0.25) is 0 Å². The van der Waals surface area contributed by atoms with Gasteiger partial charge < -0.3 is 0 Å². The Morgan fingerprint density at radius 3 is 2.40 bits per heavy atom. The number of carbonyl (C=O) groups is 1. The summed E-state index contributed by atoms with van der Waals surface area (Å²) in [5.74, 6) is -1.26. The Bertz CT molecular complexity index is 176. The molecular weight excluding hydrogens is 138 g/mol. The molecule has 0 radical (unpaired) electrons. The maximum atomic E-state index is 12.7. The molecule has 56 valence electrons. The largest absolute Gasteiger partial charge is 0.296 e. The van der Waals surface area contributed by atoms with Crippen molar-refractivity contribution in [1.29, 1.82) is 0 Å². The number of ketones is 1. The van der Waals surface area contributed by atoms with Crippen LogP contribution in [0.4, 0.5) is 8.78 Å². The molecule has 10 heavy (non-hydrogen) atoms. The van der Waals surface area contributed by atoms with Gasteiger partial charge >= 0.3 is 0 Å². The Morgan fingerprint density at radius 2 is 2.00 bits per heavy atom. The summed E-state index contributed by atoms with van der Waals surface area (Å²) in [6.45, 7) is 0. The molecule has 4 unspecified atom stereocenters. The van der Waals surface area contributed by atoms with Crippen molar-refractivity contribution in [3.63, 3.8) is 0 Å². The van der Waals surface area contributed by atoms with E-state index in [9.17, 15) is 13.6 Å². The SMILES string of the molecule is O=C1C2CC(F)C(C2)C1F. The molecule has 0 N–H and O–H groups in total. The molecule has 0 amide bonds. The van der Waals surface area contributed by atoms with Gasteiger partial charge in [-0.1, -0.05) is 0 Å². The van der Waals surface area contributed by atoms with E-state index < -0.39 is 18.3 Å². The summed E-state index contributed by atoms with van der Waals surface area (Å²) < 4.78 is 25.3. The zero-order valence-corrected chi connectivity index (χ0v) is 5.39. The summed E-state index contributed by atoms with van der Waals surface area (Å²) in [4.78, 5) is 10.8. The standard InChI is InChI=1S/C7H8F2O/c8-5-2-3-1-4(5)6(9)7(3)10/h3-6H,1-2H2. The first kappa shape index (κ1) is 6.25. The van der Waals surface area contributed by atoms with Crippen LogP contribution in [0.3, 0.4) is 0 Å². The highest BCUT2D eigenvalue weighted by atomic mass is 19.1. The van der Waals surface area contributed by atoms with Crippen LogP contribution in [-0.2, 0) is 4.79 Å². The minimum Gasteiger partial charge on any atom is -0.296 e. The lowest BCUT2D eigenvalue weighted by Crippen LogP contribution is -2.30. The molecule has 2 rings (SSSR count). The average Bonchev–Trinajstić information content (AvgIpc) is 2.36. The van der Waals surface area contributed by atoms with Gasteiger partial charge in [0.2, 0.25) is 0 Å². The fourth-order valence-corrected chi connectivity index (χ4v) is 1.99. The van der Waals surface area contributed by atoms with E-state index in [1.807, 2.05) is 0 Å². The molecule has 2 fully saturated rings. The van der Waals surface area contributed by atoms with E-state index in [0.717, 1.165) is 0 Å². The molecule has 1 nitrogen and oxygen atoms in total. The van der Waals surface area contributed by atoms with Gasteiger partial charge in [-0.3, -0.25) is 4.79 Å². The van der Waals surface area contributed by atoms with Gasteiger partial charge in [0, 0.05) is 11.8 Å². The van der Waals surface area contributed by atoms with Gasteiger partial charge in [0.25, 0.3) is 0 Å². The third-order valence-corrected chi connectivity index (χ3v) is 2.58. The van der Waals surface area contributed by atoms with Crippen LogP contribution in [0, 0.1) is 11.8 Å². The highest BCUT2D eigenvalue weighted by Gasteiger charge is 2.53. The summed E-state index contributed by atoms with van der Waals surface area (Å²) in [5, 5.41) is 0. The lowest BCUT2D eigenvalue weighted by molar-refractivity contribution is -0.128. The highest BCUT2D eigenvalue weighted by molar-refractivity contribution is 5.89. The summed E-state index contributed by atoms with van der Waals surface area (Å²) >= 11 is 0. The number of halogens is 2. The quantitative estimate of drug-likeness (QED) is 0.503. The van der Waals surface area contributed by atoms with Gasteiger partial charge in [-0.2, -0.15) is 0 Å². The Labute approximate surface area is 57.4 Å². The third-order valence-electron chi connectivity index (χ3n) is 2.58. The van der Waals surface area contributed by atoms with Gasteiger partial charge in [-0.25, -0.2) is 8.78 Å². The van der Waals surface area contributed by atoms with E-state index in [0.29, 0.717) is 6.42 Å². The smallest absolute Gasteiger partial charge is 0.170 e. The summed E-state index contributed by atoms with van der Waals surface area (Å²) in [7, 11) is 0. The monoisotopic (exact) mass is 146 g/mol. The van der Waals surface area contributed by atoms with Crippen molar-refractivity contribution in [2.24, 2.45) is 11.8 Å². The number of hydrogen-bond donors (Lipinski definition) is 0. The Kier molecular flexibility index (Phi) is 1.11. The molecule has 2 saturated carbocycles. The second-order valence-corrected chi connectivity index (χ2v) is 3.15. The van der Waals surface area contributed by atoms with Crippen molar-refractivity contribution in [3.8, 4) is 0 Å². The molecule has 0 spiro atoms. The highest BCUT2D eigenvalue weighted by Crippen LogP contribution is 2.45. The van der Waals surface area contributed by atoms with Crippen LogP contribution in [0.1, 0.15) is 12.8 Å². The van der Waals surface area contributed by atoms with Crippen LogP contribution in [0.5, 0.6) is 0 Å². The van der Waals surface area contributed by atoms with Crippen LogP contribution < -0.4 is 0 Å². The second kappa shape index (κ2) is 1.77. The number of hydrogen-bond acceptors (Lipinski definition) is 1. The predicted octanol–water partition coefficient (Wildman–Crippen LogP) is 1.27. The van der Waals surface area contributed by atoms with E-state index in [4.69, 9.17) is 0 Å². The van der Waals surface area contributed by atoms with Gasteiger partial charge in [-0.15, -0.1) is 0 Å². The zero-order chi connectivity index (χ0) is 7.30. The molecule has 2 aliphatic rings. The van der Waals surface area contributed by atoms with Gasteiger partial charge in [-0.05, 0) is 12.8 Å². The van der Waals surface area contributed by atoms with Gasteiger partial charge in [0.15, 0.2) is 12.0 Å². The molecule has 0 saturated heterocycles. The lowest BCUT2D eigenvalue weighted by Gasteiger charge is -2.16. The Hall–Kier alpha value is -0.470. The lowest BCUT2D eigenvalue weighted by atomic mass is 9.96. The van der Waals surface area contributed by atoms with Crippen LogP contribution in [-0.4, -0.2) is 18.1 Å². The van der Waals surface area contributed by atoms with Crippen molar-refractivity contribution in [1.82, 2.24) is 0 Å². The molecule has 0 aromatic rings. The number of Topliss-reactive ketones (excluding diaryl/α,β-unsaturated/α-hetero) is 1. The number of fused-ring (bicyclic) bond motifs is 2. The number of rotatable bonds is 0. The minimum absolute atomic E-state index is 0.268. The Balaban J connectivity index is 2.24. The average molecular weight is 146 g/mol. The second-order valence-electron chi connectivity index (χ2n) is 3.15. The molecule has 0 aromatic heterocycles. The van der Waals surface area contributed by atoms with Crippen LogP contribution >= 0.6 is 0 Å². The van der Waals surface area contributed by atoms with Crippen molar-refractivity contribution >= 4 is 5.78 Å². The fourth-order valence-electron chi connectivity index (χ4n) is 1.99. The first-order valence-corrected chi connectivity index (χ1v) is 3.52. The minimum atomic E-state index is -1.49. The summed E-state index contributed by atoms with van der Waals surface area (Å²) in [5.41, 5.74) is 0. The molecule has 0 heterocycles. The number of carbonyl (C=O) groups excluding carboxylic acids is 1. The normalized spacial score (nSPS) is 52.4. The molecule has 3 heteroatoms. The van der Waals surface area contributed by atoms with E-state index in [1.165, 1.54) is 0 Å². The molecular formula is C7H8F2O. The number of alkyl halides is 2. The van der Waals surface area contributed by atoms with Crippen molar-refractivity contribution < 1.29 is 13.6 Å². The van der Waals surface area contributed by atoms with E-state index in [2.05, 4.69) is 0 Å². The van der Waals surface area contributed by atoms with Crippen molar-refractivity contribution in [3.05, 3.63) is 0 Å². The fraction of sp³-hybridized carbons (Fsp3) is 0.857. The molecule has 2 bridgehead atoms. The van der Waals surface area contributed by atoms with Gasteiger partial charge in [0.05, 0.1) is 0 Å². The van der Waals surface area contributed by atoms with Gasteiger partial charge in [0.1, 0.15) is 6.17 Å². The maximum Gasteiger partial charge on any atom is 0.170 e. The van der Waals surface area contributed by atoms with E-state index >= 15 is 0 Å². The molecule has 0 aliphatic heterocycles. The third kappa shape index (κ3) is 0.580. The summed E-state index contributed by atoms with van der Waals surface area (Å²) in [6.07, 6.45) is -1.84. The topological polar surface area (TPSA) is 17.1 Å². The first-order chi connectivity index (χ1) is 4.70. The zero-order valence-electron chi connectivity index (χ0n) is 5.39. The van der Waals surface area contributed by atoms with Crippen LogP contribution in [0.25, 0.3) is 0 Å². The Morgan fingerprint density at radius 1 is 1.30 bits per heavy atom. The first-order valence-electron chi connectivity index (χ1n) is 3.52.